The van der Waals surface area contributed by atoms with E-state index in [9.17, 15) is 24.6 Å². The molecule has 0 saturated carbocycles. The summed E-state index contributed by atoms with van der Waals surface area (Å²) >= 11 is 0. The number of carbonyl (C=O) groups is 1. The Morgan fingerprint density at radius 1 is 0.471 bits per heavy atom. The van der Waals surface area contributed by atoms with Crippen LogP contribution in [0.3, 0.4) is 0 Å². The molecule has 0 aromatic carbocycles. The summed E-state index contributed by atoms with van der Waals surface area (Å²) in [5.74, 6) is 0.0768. The average molecular weight is 742 g/mol. The molecule has 0 heterocycles. The summed E-state index contributed by atoms with van der Waals surface area (Å²) in [6.07, 6.45) is 44.4. The summed E-state index contributed by atoms with van der Waals surface area (Å²) in [4.78, 5) is 44.1. The Balaban J connectivity index is 4.98. The molecule has 1 unspecified atom stereocenters. The maximum atomic E-state index is 14.1. The van der Waals surface area contributed by atoms with Crippen LogP contribution >= 0.6 is 7.94 Å². The number of hydrogen-bond donors (Lipinski definition) is 4. The molecule has 1 atom stereocenters. The Morgan fingerprint density at radius 2 is 0.765 bits per heavy atom. The van der Waals surface area contributed by atoms with Gasteiger partial charge in [-0.15, -0.1) is 0 Å². The van der Waals surface area contributed by atoms with Crippen molar-refractivity contribution in [2.45, 2.75) is 258 Å². The zero-order valence-electron chi connectivity index (χ0n) is 34.5. The van der Waals surface area contributed by atoms with Gasteiger partial charge in [-0.2, -0.15) is 14.7 Å². The van der Waals surface area contributed by atoms with Gasteiger partial charge < -0.3 is 5.11 Å². The molecule has 0 spiro atoms. The van der Waals surface area contributed by atoms with Gasteiger partial charge in [0.1, 0.15) is 11.9 Å². The molecule has 0 rings (SSSR count). The Kier molecular flexibility index (Phi) is 36.4. The molecule has 304 valence electrons. The number of aliphatic hydroxyl groups excluding tert-OH is 1. The minimum absolute atomic E-state index is 0.0768. The van der Waals surface area contributed by atoms with E-state index in [1.165, 1.54) is 148 Å². The van der Waals surface area contributed by atoms with Gasteiger partial charge in [-0.05, 0) is 44.9 Å². The second kappa shape index (κ2) is 36.6. The van der Waals surface area contributed by atoms with Crippen molar-refractivity contribution in [2.24, 2.45) is 5.41 Å². The largest absolute Gasteiger partial charge is 0.406 e. The van der Waals surface area contributed by atoms with Gasteiger partial charge >= 0.3 is 7.94 Å². The molecule has 0 amide bonds. The third-order valence-electron chi connectivity index (χ3n) is 11.2. The van der Waals surface area contributed by atoms with Crippen LogP contribution in [0.1, 0.15) is 252 Å². The zero-order valence-corrected chi connectivity index (χ0v) is 35.4. The number of hydrogen-bond acceptors (Lipinski definition) is 5. The number of unbranched alkanes of at least 4 members (excludes halogenated alkanes) is 29. The fourth-order valence-corrected chi connectivity index (χ4v) is 8.60. The monoisotopic (exact) mass is 742 g/mol. The number of Topliss-reactive ketones (excluding diaryl/α,β-unsaturated/α-hetero) is 1. The molecule has 6 heteroatoms. The first kappa shape index (κ1) is 50.7. The predicted octanol–water partition coefficient (Wildman–Crippen LogP) is 14.3. The molecule has 51 heavy (non-hydrogen) atoms. The Hall–Kier alpha value is -0.320. The van der Waals surface area contributed by atoms with Gasteiger partial charge in [0, 0.05) is 6.42 Å². The smallest absolute Gasteiger partial charge is 0.388 e. The fraction of sp³-hybridized carbons (Fsp3) is 0.933. The van der Waals surface area contributed by atoms with E-state index in [2.05, 4.69) is 32.9 Å². The number of allylic oxidation sites excluding steroid dienone is 2. The maximum Gasteiger partial charge on any atom is 0.406 e. The van der Waals surface area contributed by atoms with Gasteiger partial charge in [-0.1, -0.05) is 213 Å². The molecule has 0 aliphatic heterocycles. The number of carbonyl (C=O) groups excluding carboxylic acids is 1. The molecular weight excluding hydrogens is 651 g/mol. The van der Waals surface area contributed by atoms with Gasteiger partial charge in [-0.3, -0.25) is 4.79 Å². The molecule has 0 aliphatic rings. The van der Waals surface area contributed by atoms with Crippen LogP contribution in [0.15, 0.2) is 12.2 Å². The Bertz CT molecular complexity index is 740. The van der Waals surface area contributed by atoms with E-state index in [1.807, 2.05) is 0 Å². The van der Waals surface area contributed by atoms with Crippen LogP contribution in [-0.2, 0) is 4.79 Å². The molecule has 0 fully saturated rings. The van der Waals surface area contributed by atoms with Crippen molar-refractivity contribution in [2.75, 3.05) is 6.16 Å². The standard InChI is InChI=1S/C45H90O5P/c1-4-7-10-13-16-19-22-23-24-25-26-27-30-33-36-39-43(46)45(44(47)42-51(48,49)50,40-37-34-31-28-20-17-14-11-8-5-2)41-38-35-32-29-21-18-15-12-9-6-3/h23-24,44,47-50H,4-22,25-42H2,1-3H3/q+1/b24-23-. The second-order valence-electron chi connectivity index (χ2n) is 16.2. The first-order valence-corrected chi connectivity index (χ1v) is 24.5. The highest BCUT2D eigenvalue weighted by molar-refractivity contribution is 7.58. The summed E-state index contributed by atoms with van der Waals surface area (Å²) in [7, 11) is -4.21. The Morgan fingerprint density at radius 3 is 1.10 bits per heavy atom. The number of rotatable bonds is 41. The third kappa shape index (κ3) is 31.7. The van der Waals surface area contributed by atoms with Gasteiger partial charge in [0.2, 0.25) is 0 Å². The molecule has 0 saturated heterocycles. The van der Waals surface area contributed by atoms with Gasteiger partial charge in [0.15, 0.2) is 6.16 Å². The van der Waals surface area contributed by atoms with Gasteiger partial charge in [0.05, 0.1) is 5.41 Å². The summed E-state index contributed by atoms with van der Waals surface area (Å²) < 4.78 is 0. The van der Waals surface area contributed by atoms with Crippen LogP contribution in [0.2, 0.25) is 0 Å². The van der Waals surface area contributed by atoms with Crippen LogP contribution in [-0.4, -0.2) is 37.8 Å². The van der Waals surface area contributed by atoms with E-state index in [0.717, 1.165) is 64.2 Å². The predicted molar refractivity (Wildman–Crippen MR) is 224 cm³/mol. The van der Waals surface area contributed by atoms with Crippen molar-refractivity contribution in [3.8, 4) is 0 Å². The number of ketones is 1. The molecule has 4 N–H and O–H groups in total. The highest BCUT2D eigenvalue weighted by Crippen LogP contribution is 2.50. The van der Waals surface area contributed by atoms with E-state index < -0.39 is 25.6 Å². The van der Waals surface area contributed by atoms with Gasteiger partial charge in [0.25, 0.3) is 0 Å². The zero-order chi connectivity index (χ0) is 37.7. The first-order valence-electron chi connectivity index (χ1n) is 22.7. The third-order valence-corrected chi connectivity index (χ3v) is 12.1. The molecule has 0 aliphatic carbocycles. The van der Waals surface area contributed by atoms with E-state index in [1.54, 1.807) is 0 Å². The van der Waals surface area contributed by atoms with E-state index in [0.29, 0.717) is 19.3 Å². The van der Waals surface area contributed by atoms with Crippen LogP contribution in [0, 0.1) is 5.41 Å². The van der Waals surface area contributed by atoms with Crippen LogP contribution in [0.5, 0.6) is 0 Å². The van der Waals surface area contributed by atoms with Crippen molar-refractivity contribution in [3.63, 3.8) is 0 Å². The first-order chi connectivity index (χ1) is 24.7. The van der Waals surface area contributed by atoms with Crippen molar-refractivity contribution < 1.29 is 24.6 Å². The minimum Gasteiger partial charge on any atom is -0.388 e. The fourth-order valence-electron chi connectivity index (χ4n) is 7.79. The van der Waals surface area contributed by atoms with Crippen molar-refractivity contribution in [1.82, 2.24) is 0 Å². The molecule has 0 aromatic heterocycles. The SMILES string of the molecule is CCCCCCCC/C=C\CCCCCCCC(=O)C(CCCCCCCCCCCC)(CCCCCCCCCCCC)C(O)C[P+](O)(O)O. The summed E-state index contributed by atoms with van der Waals surface area (Å²) in [5.41, 5.74) is -0.999. The highest BCUT2D eigenvalue weighted by atomic mass is 31.2. The molecular formula is C45H90O5P+. The lowest BCUT2D eigenvalue weighted by Crippen LogP contribution is -2.45. The van der Waals surface area contributed by atoms with Crippen molar-refractivity contribution >= 4 is 13.7 Å². The van der Waals surface area contributed by atoms with Crippen molar-refractivity contribution in [1.29, 1.82) is 0 Å². The number of aliphatic hydroxyl groups is 1. The summed E-state index contributed by atoms with van der Waals surface area (Å²) in [5, 5.41) is 11.5. The Labute approximate surface area is 319 Å². The van der Waals surface area contributed by atoms with E-state index >= 15 is 0 Å². The average Bonchev–Trinajstić information content (AvgIpc) is 3.09. The topological polar surface area (TPSA) is 98.0 Å². The quantitative estimate of drug-likeness (QED) is 0.0284. The lowest BCUT2D eigenvalue weighted by Gasteiger charge is -2.37. The van der Waals surface area contributed by atoms with Gasteiger partial charge in [-0.25, -0.2) is 0 Å². The summed E-state index contributed by atoms with van der Waals surface area (Å²) in [6, 6.07) is 0. The molecule has 5 nitrogen and oxygen atoms in total. The van der Waals surface area contributed by atoms with Crippen molar-refractivity contribution in [3.05, 3.63) is 12.2 Å². The summed E-state index contributed by atoms with van der Waals surface area (Å²) in [6.45, 7) is 6.76. The van der Waals surface area contributed by atoms with E-state index in [-0.39, 0.29) is 5.78 Å². The van der Waals surface area contributed by atoms with Crippen LogP contribution in [0.25, 0.3) is 0 Å². The van der Waals surface area contributed by atoms with Crippen LogP contribution < -0.4 is 0 Å². The molecule has 0 aromatic rings. The highest BCUT2D eigenvalue weighted by Gasteiger charge is 2.49. The molecule has 0 radical (unpaired) electrons. The molecule has 0 bridgehead atoms. The maximum absolute atomic E-state index is 14.1. The minimum atomic E-state index is -4.21. The second-order valence-corrected chi connectivity index (χ2v) is 17.9. The normalized spacial score (nSPS) is 13.1. The lowest BCUT2D eigenvalue weighted by atomic mass is 9.69. The lowest BCUT2D eigenvalue weighted by molar-refractivity contribution is -0.137. The van der Waals surface area contributed by atoms with E-state index in [4.69, 9.17) is 0 Å². The van der Waals surface area contributed by atoms with Crippen LogP contribution in [0.4, 0.5) is 0 Å².